The molecule has 120 valence electrons. The van der Waals surface area contributed by atoms with Gasteiger partial charge in [-0.2, -0.15) is 5.26 Å². The zero-order valence-electron chi connectivity index (χ0n) is 12.1. The number of nitrogens with zero attached hydrogens (tertiary/aromatic N) is 1. The summed E-state index contributed by atoms with van der Waals surface area (Å²) in [6.07, 6.45) is 0. The first-order valence-corrected chi connectivity index (χ1v) is 7.33. The van der Waals surface area contributed by atoms with E-state index in [1.54, 1.807) is 18.2 Å². The molecule has 0 unspecified atom stereocenters. The van der Waals surface area contributed by atoms with E-state index >= 15 is 0 Å². The van der Waals surface area contributed by atoms with Crippen LogP contribution in [0.4, 0.5) is 0 Å². The highest BCUT2D eigenvalue weighted by Gasteiger charge is 2.34. The average molecular weight is 342 g/mol. The van der Waals surface area contributed by atoms with Crippen LogP contribution in [0.15, 0.2) is 34.4 Å². The van der Waals surface area contributed by atoms with Gasteiger partial charge in [0.2, 0.25) is 18.6 Å². The van der Waals surface area contributed by atoms with Gasteiger partial charge in [0, 0.05) is 0 Å². The van der Waals surface area contributed by atoms with Crippen LogP contribution >= 0.6 is 12.2 Å². The molecular weight excluding hydrogens is 332 g/mol. The monoisotopic (exact) mass is 342 g/mol. The van der Waals surface area contributed by atoms with E-state index in [9.17, 15) is 10.1 Å². The molecule has 0 bridgehead atoms. The highest BCUT2D eigenvalue weighted by molar-refractivity contribution is 7.71. The number of benzene rings is 1. The Hall–Kier alpha value is -3.25. The Morgan fingerprint density at radius 1 is 1.29 bits per heavy atom. The maximum Gasteiger partial charge on any atom is 0.259 e. The largest absolute Gasteiger partial charge is 0.454 e. The van der Waals surface area contributed by atoms with Crippen molar-refractivity contribution in [2.24, 2.45) is 5.73 Å². The maximum absolute atomic E-state index is 12.4. The first-order valence-electron chi connectivity index (χ1n) is 6.92. The van der Waals surface area contributed by atoms with Crippen molar-refractivity contribution < 1.29 is 14.2 Å². The number of fused-ring (bicyclic) bond motifs is 2. The molecule has 1 atom stereocenters. The molecule has 0 spiro atoms. The standard InChI is InChI=1S/C15H10N4O4S/c16-4-7-10(6-1-2-8-9(3-6)22-5-21-8)11-13(20)18-15(24)19-14(11)23-12(7)17/h1-3,10H,5,17H2,(H2,18,19,20,24)/t10-/m0/s1. The molecule has 2 aromatic rings. The van der Waals surface area contributed by atoms with E-state index < -0.39 is 11.5 Å². The minimum atomic E-state index is -0.705. The summed E-state index contributed by atoms with van der Waals surface area (Å²) in [5.41, 5.74) is 6.43. The molecule has 0 amide bonds. The molecule has 8 nitrogen and oxygen atoms in total. The molecule has 1 aromatic carbocycles. The number of rotatable bonds is 1. The van der Waals surface area contributed by atoms with Crippen LogP contribution in [0.1, 0.15) is 17.0 Å². The van der Waals surface area contributed by atoms with E-state index in [4.69, 9.17) is 32.2 Å². The van der Waals surface area contributed by atoms with Crippen LogP contribution in [0.3, 0.4) is 0 Å². The first-order chi connectivity index (χ1) is 11.6. The smallest absolute Gasteiger partial charge is 0.259 e. The van der Waals surface area contributed by atoms with Gasteiger partial charge in [-0.15, -0.1) is 0 Å². The molecule has 0 fully saturated rings. The zero-order valence-corrected chi connectivity index (χ0v) is 12.9. The quantitative estimate of drug-likeness (QED) is 0.668. The van der Waals surface area contributed by atoms with Gasteiger partial charge in [-0.3, -0.25) is 9.78 Å². The fraction of sp³-hybridized carbons (Fsp3) is 0.133. The third-order valence-corrected chi connectivity index (χ3v) is 4.05. The van der Waals surface area contributed by atoms with E-state index in [0.717, 1.165) is 0 Å². The highest BCUT2D eigenvalue weighted by Crippen LogP contribution is 2.42. The molecule has 0 aliphatic carbocycles. The molecule has 3 heterocycles. The summed E-state index contributed by atoms with van der Waals surface area (Å²) >= 11 is 4.95. The molecule has 9 heteroatoms. The lowest BCUT2D eigenvalue weighted by molar-refractivity contribution is 0.174. The molecule has 24 heavy (non-hydrogen) atoms. The Morgan fingerprint density at radius 3 is 2.88 bits per heavy atom. The van der Waals surface area contributed by atoms with Gasteiger partial charge in [-0.05, 0) is 29.9 Å². The van der Waals surface area contributed by atoms with Gasteiger partial charge in [0.15, 0.2) is 16.3 Å². The predicted molar refractivity (Wildman–Crippen MR) is 84.1 cm³/mol. The topological polar surface area (TPSA) is 126 Å². The van der Waals surface area contributed by atoms with E-state index in [1.807, 2.05) is 6.07 Å². The Bertz CT molecular complexity index is 1050. The number of nitrogens with two attached hydrogens (primary N) is 1. The number of aromatic amines is 2. The Balaban J connectivity index is 1.98. The maximum atomic E-state index is 12.4. The zero-order chi connectivity index (χ0) is 16.8. The van der Waals surface area contributed by atoms with Gasteiger partial charge in [-0.25, -0.2) is 0 Å². The van der Waals surface area contributed by atoms with Crippen molar-refractivity contribution in [2.45, 2.75) is 5.92 Å². The van der Waals surface area contributed by atoms with Gasteiger partial charge in [0.1, 0.15) is 11.6 Å². The second-order valence-corrected chi connectivity index (χ2v) is 5.60. The number of nitrogens with one attached hydrogen (secondary N) is 2. The van der Waals surface area contributed by atoms with Crippen molar-refractivity contribution in [1.82, 2.24) is 9.97 Å². The van der Waals surface area contributed by atoms with Crippen LogP contribution in [0.25, 0.3) is 0 Å². The summed E-state index contributed by atoms with van der Waals surface area (Å²) in [6.45, 7) is 0.125. The SMILES string of the molecule is N#CC1=C(N)Oc2[nH]c(=S)[nH]c(=O)c2[C@H]1c1ccc2c(c1)OCO2. The number of H-pyrrole nitrogens is 2. The summed E-state index contributed by atoms with van der Waals surface area (Å²) in [5, 5.41) is 9.49. The van der Waals surface area contributed by atoms with Gasteiger partial charge in [0.05, 0.1) is 11.5 Å². The molecule has 4 rings (SSSR count). The summed E-state index contributed by atoms with van der Waals surface area (Å²) < 4.78 is 16.1. The van der Waals surface area contributed by atoms with Gasteiger partial charge in [0.25, 0.3) is 5.56 Å². The van der Waals surface area contributed by atoms with E-state index in [2.05, 4.69) is 9.97 Å². The van der Waals surface area contributed by atoms with Crippen molar-refractivity contribution >= 4 is 12.2 Å². The lowest BCUT2D eigenvalue weighted by Gasteiger charge is -2.25. The van der Waals surface area contributed by atoms with E-state index in [-0.39, 0.29) is 34.5 Å². The minimum absolute atomic E-state index is 0.0797. The minimum Gasteiger partial charge on any atom is -0.454 e. The number of aromatic nitrogens is 2. The second kappa shape index (κ2) is 5.14. The summed E-state index contributed by atoms with van der Waals surface area (Å²) in [6, 6.07) is 7.20. The number of ether oxygens (including phenoxy) is 3. The van der Waals surface area contributed by atoms with Crippen LogP contribution < -0.4 is 25.5 Å². The van der Waals surface area contributed by atoms with E-state index in [0.29, 0.717) is 17.1 Å². The van der Waals surface area contributed by atoms with Crippen molar-refractivity contribution in [3.63, 3.8) is 0 Å². The van der Waals surface area contributed by atoms with Crippen molar-refractivity contribution in [3.8, 4) is 23.4 Å². The third-order valence-electron chi connectivity index (χ3n) is 3.85. The Labute approximate surface area is 140 Å². The fourth-order valence-electron chi connectivity index (χ4n) is 2.82. The molecule has 1 aromatic heterocycles. The summed E-state index contributed by atoms with van der Waals surface area (Å²) in [7, 11) is 0. The van der Waals surface area contributed by atoms with E-state index in [1.165, 1.54) is 0 Å². The normalized spacial score (nSPS) is 17.9. The summed E-state index contributed by atoms with van der Waals surface area (Å²) in [4.78, 5) is 17.7. The Kier molecular flexibility index (Phi) is 3.07. The number of nitriles is 1. The van der Waals surface area contributed by atoms with Gasteiger partial charge in [-0.1, -0.05) is 6.07 Å². The second-order valence-electron chi connectivity index (χ2n) is 5.19. The number of hydrogen-bond acceptors (Lipinski definition) is 7. The molecule has 0 saturated heterocycles. The van der Waals surface area contributed by atoms with Crippen molar-refractivity contribution in [1.29, 1.82) is 5.26 Å². The highest BCUT2D eigenvalue weighted by atomic mass is 32.1. The van der Waals surface area contributed by atoms with Crippen molar-refractivity contribution in [2.75, 3.05) is 6.79 Å². The molecule has 2 aliphatic rings. The van der Waals surface area contributed by atoms with Crippen LogP contribution in [0.2, 0.25) is 0 Å². The number of hydrogen-bond donors (Lipinski definition) is 3. The predicted octanol–water partition coefficient (Wildman–Crippen LogP) is 1.38. The fourth-order valence-corrected chi connectivity index (χ4v) is 3.00. The molecule has 2 aliphatic heterocycles. The third kappa shape index (κ3) is 2.04. The lowest BCUT2D eigenvalue weighted by atomic mass is 9.85. The van der Waals surface area contributed by atoms with Crippen LogP contribution in [-0.4, -0.2) is 16.8 Å². The molecular formula is C15H10N4O4S. The lowest BCUT2D eigenvalue weighted by Crippen LogP contribution is -2.28. The van der Waals surface area contributed by atoms with Crippen LogP contribution in [0.5, 0.6) is 17.4 Å². The van der Waals surface area contributed by atoms with Crippen LogP contribution in [0, 0.1) is 16.1 Å². The first kappa shape index (κ1) is 14.3. The van der Waals surface area contributed by atoms with Gasteiger partial charge >= 0.3 is 0 Å². The molecule has 0 radical (unpaired) electrons. The Morgan fingerprint density at radius 2 is 2.08 bits per heavy atom. The van der Waals surface area contributed by atoms with Crippen molar-refractivity contribution in [3.05, 3.63) is 55.9 Å². The van der Waals surface area contributed by atoms with Gasteiger partial charge < -0.3 is 24.9 Å². The number of allylic oxidation sites excluding steroid dienone is 1. The van der Waals surface area contributed by atoms with Crippen LogP contribution in [-0.2, 0) is 0 Å². The average Bonchev–Trinajstić information content (AvgIpc) is 3.00. The molecule has 4 N–H and O–H groups in total. The molecule has 0 saturated carbocycles. The summed E-state index contributed by atoms with van der Waals surface area (Å²) in [5.74, 6) is 0.482.